The number of imide groups is 1. The summed E-state index contributed by atoms with van der Waals surface area (Å²) < 4.78 is 5.97. The van der Waals surface area contributed by atoms with Crippen LogP contribution in [0.15, 0.2) is 90.2 Å². The van der Waals surface area contributed by atoms with Crippen LogP contribution in [0.2, 0.25) is 0 Å². The number of aromatic nitrogens is 1. The monoisotopic (exact) mass is 846 g/mol. The van der Waals surface area contributed by atoms with E-state index in [9.17, 15) is 28.8 Å². The summed E-state index contributed by atoms with van der Waals surface area (Å²) in [5.41, 5.74) is 6.66. The highest BCUT2D eigenvalue weighted by Crippen LogP contribution is 2.29. The molecule has 1 unspecified atom stereocenters. The van der Waals surface area contributed by atoms with Gasteiger partial charge in [0.15, 0.2) is 6.19 Å². The first-order valence-electron chi connectivity index (χ1n) is 20.7. The van der Waals surface area contributed by atoms with Gasteiger partial charge in [-0.15, -0.1) is 0 Å². The van der Waals surface area contributed by atoms with Gasteiger partial charge in [0.2, 0.25) is 23.7 Å². The van der Waals surface area contributed by atoms with Gasteiger partial charge in [-0.05, 0) is 85.2 Å². The fourth-order valence-corrected chi connectivity index (χ4v) is 7.55. The van der Waals surface area contributed by atoms with Crippen LogP contribution in [0.1, 0.15) is 75.2 Å². The zero-order chi connectivity index (χ0) is 44.6. The lowest BCUT2D eigenvalue weighted by Gasteiger charge is -2.39. The second kappa shape index (κ2) is 22.0. The van der Waals surface area contributed by atoms with Crippen LogP contribution in [0, 0.1) is 29.2 Å². The number of nitrogens with zero attached hydrogens (tertiary/aromatic N) is 5. The number of likely N-dealkylation sites (tertiary alicyclic amines) is 1. The number of nitrogens with two attached hydrogens (primary N) is 1. The number of rotatable bonds is 19. The number of nitriles is 1. The SMILES string of the molecule is CC(C)C(NC(=O)CCN1C(=O)C=CC1=O)(C(N)=O)[C@H](C)C(=O)Nc1ccc(COc2ccc(C(=O)N3CCC(CCCCN=C(NC#N)Nc4cccnc4)CC3)cc2)cc1. The Morgan fingerprint density at radius 2 is 1.65 bits per heavy atom. The normalized spacial score (nSPS) is 15.7. The van der Waals surface area contributed by atoms with Gasteiger partial charge in [-0.3, -0.25) is 49.0 Å². The van der Waals surface area contributed by atoms with Crippen molar-refractivity contribution in [2.75, 3.05) is 36.8 Å². The lowest BCUT2D eigenvalue weighted by molar-refractivity contribution is -0.141. The molecule has 17 heteroatoms. The van der Waals surface area contributed by atoms with E-state index in [1.165, 1.54) is 6.92 Å². The van der Waals surface area contributed by atoms with E-state index in [0.717, 1.165) is 60.4 Å². The Morgan fingerprint density at radius 3 is 2.26 bits per heavy atom. The Kier molecular flexibility index (Phi) is 16.3. The molecule has 0 radical (unpaired) electrons. The minimum atomic E-state index is -1.76. The Morgan fingerprint density at radius 1 is 0.952 bits per heavy atom. The van der Waals surface area contributed by atoms with Crippen molar-refractivity contribution in [3.05, 3.63) is 96.3 Å². The molecule has 0 saturated carbocycles. The van der Waals surface area contributed by atoms with Crippen LogP contribution in [0.3, 0.4) is 0 Å². The van der Waals surface area contributed by atoms with E-state index in [2.05, 4.69) is 31.2 Å². The number of benzene rings is 2. The number of carbonyl (C=O) groups excluding carboxylic acids is 6. The maximum absolute atomic E-state index is 13.5. The third-order valence-corrected chi connectivity index (χ3v) is 11.2. The average molecular weight is 847 g/mol. The minimum absolute atomic E-state index is 0.00977. The van der Waals surface area contributed by atoms with Crippen molar-refractivity contribution in [2.45, 2.75) is 71.4 Å². The zero-order valence-electron chi connectivity index (χ0n) is 35.3. The molecule has 1 fully saturated rings. The van der Waals surface area contributed by atoms with Gasteiger partial charge in [0, 0.05) is 62.2 Å². The lowest BCUT2D eigenvalue weighted by Crippen LogP contribution is -2.66. The Bertz CT molecular complexity index is 2140. The van der Waals surface area contributed by atoms with Gasteiger partial charge in [0.05, 0.1) is 17.8 Å². The van der Waals surface area contributed by atoms with Gasteiger partial charge >= 0.3 is 0 Å². The summed E-state index contributed by atoms with van der Waals surface area (Å²) in [4.78, 5) is 87.8. The largest absolute Gasteiger partial charge is 0.489 e. The first-order valence-corrected chi connectivity index (χ1v) is 20.7. The Hall–Kier alpha value is -7.09. The van der Waals surface area contributed by atoms with Crippen LogP contribution in [-0.4, -0.2) is 87.9 Å². The van der Waals surface area contributed by atoms with Gasteiger partial charge in [0.1, 0.15) is 17.9 Å². The van der Waals surface area contributed by atoms with Crippen molar-refractivity contribution >= 4 is 52.8 Å². The average Bonchev–Trinajstić information content (AvgIpc) is 3.59. The summed E-state index contributed by atoms with van der Waals surface area (Å²) >= 11 is 0. The summed E-state index contributed by atoms with van der Waals surface area (Å²) in [7, 11) is 0. The number of ether oxygens (including phenoxy) is 1. The van der Waals surface area contributed by atoms with E-state index in [0.29, 0.717) is 48.5 Å². The molecular weight excluding hydrogens is 793 g/mol. The first-order chi connectivity index (χ1) is 29.8. The second-order valence-electron chi connectivity index (χ2n) is 15.6. The summed E-state index contributed by atoms with van der Waals surface area (Å²) in [6, 6.07) is 17.7. The van der Waals surface area contributed by atoms with Gasteiger partial charge < -0.3 is 31.3 Å². The molecule has 6 amide bonds. The van der Waals surface area contributed by atoms with Gasteiger partial charge in [0.25, 0.3) is 17.7 Å². The van der Waals surface area contributed by atoms with E-state index in [1.807, 2.05) is 17.2 Å². The van der Waals surface area contributed by atoms with Crippen LogP contribution < -0.4 is 31.7 Å². The number of carbonyl (C=O) groups is 6. The minimum Gasteiger partial charge on any atom is -0.489 e. The number of hydrogen-bond donors (Lipinski definition) is 5. The maximum atomic E-state index is 13.5. The van der Waals surface area contributed by atoms with Crippen molar-refractivity contribution in [1.82, 2.24) is 25.4 Å². The maximum Gasteiger partial charge on any atom is 0.253 e. The molecule has 2 aliphatic rings. The summed E-state index contributed by atoms with van der Waals surface area (Å²) in [6.07, 6.45) is 12.0. The highest BCUT2D eigenvalue weighted by Gasteiger charge is 2.49. The number of piperidine rings is 1. The molecule has 62 heavy (non-hydrogen) atoms. The van der Waals surface area contributed by atoms with Gasteiger partial charge in [-0.2, -0.15) is 5.26 Å². The predicted molar refractivity (Wildman–Crippen MR) is 232 cm³/mol. The molecule has 2 aliphatic heterocycles. The Balaban J connectivity index is 1.03. The molecular formula is C45H54N10O7. The number of hydrogen-bond acceptors (Lipinski definition) is 10. The highest BCUT2D eigenvalue weighted by atomic mass is 16.5. The molecule has 3 aromatic rings. The third-order valence-electron chi connectivity index (χ3n) is 11.2. The van der Waals surface area contributed by atoms with Crippen LogP contribution in [0.4, 0.5) is 11.4 Å². The van der Waals surface area contributed by atoms with Crippen molar-refractivity contribution in [2.24, 2.45) is 28.5 Å². The van der Waals surface area contributed by atoms with E-state index in [4.69, 9.17) is 15.7 Å². The molecule has 1 aromatic heterocycles. The molecule has 0 aliphatic carbocycles. The summed E-state index contributed by atoms with van der Waals surface area (Å²) in [5.74, 6) is -3.32. The Labute approximate surface area is 361 Å². The smallest absolute Gasteiger partial charge is 0.253 e. The predicted octanol–water partition coefficient (Wildman–Crippen LogP) is 4.11. The highest BCUT2D eigenvalue weighted by molar-refractivity contribution is 6.13. The lowest BCUT2D eigenvalue weighted by atomic mass is 9.74. The molecule has 17 nitrogen and oxygen atoms in total. The zero-order valence-corrected chi connectivity index (χ0v) is 35.3. The van der Waals surface area contributed by atoms with Crippen LogP contribution in [0.25, 0.3) is 0 Å². The number of primary amides is 1. The summed E-state index contributed by atoms with van der Waals surface area (Å²) in [6.45, 7) is 6.86. The number of aliphatic imine (C=N–C) groups is 1. The van der Waals surface area contributed by atoms with Crippen LogP contribution >= 0.6 is 0 Å². The topological polar surface area (TPSA) is 241 Å². The number of guanidine groups is 1. The molecule has 3 heterocycles. The quantitative estimate of drug-likeness (QED) is 0.0287. The number of nitrogens with one attached hydrogen (secondary N) is 4. The van der Waals surface area contributed by atoms with Gasteiger partial charge in [-0.1, -0.05) is 45.7 Å². The third kappa shape index (κ3) is 12.2. The molecule has 6 N–H and O–H groups in total. The molecule has 0 bridgehead atoms. The van der Waals surface area contributed by atoms with E-state index >= 15 is 0 Å². The molecule has 0 spiro atoms. The van der Waals surface area contributed by atoms with E-state index in [1.54, 1.807) is 80.8 Å². The fourth-order valence-electron chi connectivity index (χ4n) is 7.55. The summed E-state index contributed by atoms with van der Waals surface area (Å²) in [5, 5.41) is 20.1. The fraction of sp³-hybridized carbons (Fsp3) is 0.400. The van der Waals surface area contributed by atoms with Crippen molar-refractivity contribution in [1.29, 1.82) is 5.26 Å². The second-order valence-corrected chi connectivity index (χ2v) is 15.6. The van der Waals surface area contributed by atoms with Gasteiger partial charge in [-0.25, -0.2) is 0 Å². The number of unbranched alkanes of at least 4 members (excludes halogenated alkanes) is 1. The molecule has 5 rings (SSSR count). The molecule has 326 valence electrons. The first kappa shape index (κ1) is 46.0. The van der Waals surface area contributed by atoms with E-state index in [-0.39, 0.29) is 25.5 Å². The van der Waals surface area contributed by atoms with Crippen LogP contribution in [-0.2, 0) is 30.6 Å². The molecule has 1 saturated heterocycles. The molecule has 2 atom stereocenters. The van der Waals surface area contributed by atoms with Crippen LogP contribution in [0.5, 0.6) is 5.75 Å². The van der Waals surface area contributed by atoms with Crippen molar-refractivity contribution < 1.29 is 33.5 Å². The number of pyridine rings is 1. The molecule has 2 aromatic carbocycles. The number of amides is 6. The van der Waals surface area contributed by atoms with Crippen molar-refractivity contribution in [3.8, 4) is 11.9 Å². The van der Waals surface area contributed by atoms with E-state index < -0.39 is 46.9 Å². The number of anilines is 2. The van der Waals surface area contributed by atoms with Crippen molar-refractivity contribution in [3.63, 3.8) is 0 Å². The standard InChI is InChI=1S/C45H54N10O7/c1-30(2)45(43(47)61,53-38(56)21-26-55-39(57)17-18-40(55)58)31(3)41(59)51-35-13-9-33(10-14-35)28-62-37-15-11-34(12-16-37)42(60)54-24-19-32(20-25-54)7-4-5-23-49-44(50-29-46)52-36-8-6-22-48-27-36/h6,8-18,22,27,30-32H,4-5,7,19-21,23-26,28H2,1-3H3,(H2,47,61)(H,51,59)(H,53,56)(H2,49,50,52)/t31-,45?/m1/s1.